The van der Waals surface area contributed by atoms with Crippen molar-refractivity contribution in [1.82, 2.24) is 0 Å². The Hall–Kier alpha value is -0.390. The van der Waals surface area contributed by atoms with Crippen molar-refractivity contribution in [3.63, 3.8) is 0 Å². The van der Waals surface area contributed by atoms with Gasteiger partial charge < -0.3 is 0 Å². The first-order valence-electron chi connectivity index (χ1n) is 3.39. The van der Waals surface area contributed by atoms with E-state index < -0.39 is 10.1 Å². The van der Waals surface area contributed by atoms with Crippen LogP contribution in [-0.4, -0.2) is 8.42 Å². The third kappa shape index (κ3) is 3.89. The summed E-state index contributed by atoms with van der Waals surface area (Å²) in [5.74, 6) is 0. The van der Waals surface area contributed by atoms with Gasteiger partial charge in [-0.05, 0) is 0 Å². The number of hydrogen-bond donors (Lipinski definition) is 0. The Bertz CT molecular complexity index is 383. The molecule has 0 amide bonds. The molecule has 0 aromatic heterocycles. The topological polar surface area (TPSA) is 43.4 Å². The molecule has 0 fully saturated rings. The number of hydrogen-bond acceptors (Lipinski definition) is 3. The molecule has 74 valence electrons. The van der Waals surface area contributed by atoms with Crippen LogP contribution in [0.2, 0.25) is 0 Å². The molecular formula is C8H7AuO3S. The molecular weight excluding hydrogens is 373 g/mol. The Kier molecular flexibility index (Phi) is 3.90. The predicted octanol–water partition coefficient (Wildman–Crippen LogP) is 1.47. The Morgan fingerprint density at radius 1 is 1.23 bits per heavy atom. The van der Waals surface area contributed by atoms with Gasteiger partial charge >= 0.3 is 90.1 Å². The van der Waals surface area contributed by atoms with Gasteiger partial charge in [-0.15, -0.1) is 0 Å². The standard InChI is InChI=1S/C8H8O3S.Au/c9-12(10,11)7-6-8-4-2-1-3-5-8;/h1-7H,(H,9,10,11);/q;+1/p-1. The summed E-state index contributed by atoms with van der Waals surface area (Å²) < 4.78 is 25.9. The summed E-state index contributed by atoms with van der Waals surface area (Å²) in [6, 6.07) is 9.12. The SMILES string of the molecule is O=S(=O)(C=Cc1ccccc1)[O][Au]. The van der Waals surface area contributed by atoms with Crippen molar-refractivity contribution < 1.29 is 32.6 Å². The van der Waals surface area contributed by atoms with Crippen LogP contribution < -0.4 is 0 Å². The summed E-state index contributed by atoms with van der Waals surface area (Å²) >= 11 is 1.51. The Balaban J connectivity index is 2.82. The van der Waals surface area contributed by atoms with E-state index in [2.05, 4.69) is 2.69 Å². The summed E-state index contributed by atoms with van der Waals surface area (Å²) in [5, 5.41) is 1.02. The summed E-state index contributed by atoms with van der Waals surface area (Å²) in [4.78, 5) is 0. The summed E-state index contributed by atoms with van der Waals surface area (Å²) in [5.41, 5.74) is 0.816. The molecule has 0 saturated carbocycles. The quantitative estimate of drug-likeness (QED) is 0.747. The first-order valence-corrected chi connectivity index (χ1v) is 5.75. The minimum atomic E-state index is -3.52. The fourth-order valence-corrected chi connectivity index (χ4v) is 1.46. The second kappa shape index (κ2) is 4.74. The van der Waals surface area contributed by atoms with E-state index in [9.17, 15) is 8.42 Å². The first kappa shape index (κ1) is 10.7. The third-order valence-electron chi connectivity index (χ3n) is 1.30. The van der Waals surface area contributed by atoms with Crippen LogP contribution in [0.3, 0.4) is 0 Å². The van der Waals surface area contributed by atoms with E-state index in [4.69, 9.17) is 0 Å². The Morgan fingerprint density at radius 2 is 1.85 bits per heavy atom. The van der Waals surface area contributed by atoms with Crippen molar-refractivity contribution in [2.45, 2.75) is 0 Å². The molecule has 13 heavy (non-hydrogen) atoms. The predicted molar refractivity (Wildman–Crippen MR) is 45.5 cm³/mol. The van der Waals surface area contributed by atoms with Crippen LogP contribution in [0, 0.1) is 0 Å². The maximum absolute atomic E-state index is 10.8. The van der Waals surface area contributed by atoms with Gasteiger partial charge in [-0.1, -0.05) is 0 Å². The molecule has 0 radical (unpaired) electrons. The molecule has 0 saturated heterocycles. The number of rotatable bonds is 3. The van der Waals surface area contributed by atoms with E-state index in [1.54, 1.807) is 12.1 Å². The van der Waals surface area contributed by atoms with Crippen molar-refractivity contribution in [2.75, 3.05) is 0 Å². The molecule has 0 atom stereocenters. The Morgan fingerprint density at radius 3 is 2.38 bits per heavy atom. The van der Waals surface area contributed by atoms with Gasteiger partial charge in [0.2, 0.25) is 0 Å². The molecule has 1 rings (SSSR count). The molecule has 3 nitrogen and oxygen atoms in total. The maximum atomic E-state index is 10.8. The van der Waals surface area contributed by atoms with E-state index in [0.717, 1.165) is 11.0 Å². The van der Waals surface area contributed by atoms with E-state index >= 15 is 0 Å². The zero-order valence-electron chi connectivity index (χ0n) is 6.48. The van der Waals surface area contributed by atoms with Gasteiger partial charge in [-0.25, -0.2) is 0 Å². The molecule has 0 unspecified atom stereocenters. The van der Waals surface area contributed by atoms with Gasteiger partial charge in [0.25, 0.3) is 0 Å². The van der Waals surface area contributed by atoms with Crippen LogP contribution in [0.5, 0.6) is 0 Å². The van der Waals surface area contributed by atoms with Crippen molar-refractivity contribution >= 4 is 16.2 Å². The fourth-order valence-electron chi connectivity index (χ4n) is 0.743. The molecule has 1 aromatic carbocycles. The van der Waals surface area contributed by atoms with Crippen molar-refractivity contribution in [2.24, 2.45) is 0 Å². The molecule has 0 bridgehead atoms. The normalized spacial score (nSPS) is 12.2. The second-order valence-electron chi connectivity index (χ2n) is 2.26. The molecule has 0 spiro atoms. The van der Waals surface area contributed by atoms with Gasteiger partial charge in [0.15, 0.2) is 0 Å². The van der Waals surface area contributed by atoms with Crippen molar-refractivity contribution in [3.05, 3.63) is 41.3 Å². The molecule has 0 heterocycles. The summed E-state index contributed by atoms with van der Waals surface area (Å²) in [7, 11) is -3.52. The van der Waals surface area contributed by atoms with Gasteiger partial charge in [-0.3, -0.25) is 0 Å². The average Bonchev–Trinajstić information content (AvgIpc) is 2.17. The summed E-state index contributed by atoms with van der Waals surface area (Å²) in [6.45, 7) is 0. The van der Waals surface area contributed by atoms with Crippen molar-refractivity contribution in [1.29, 1.82) is 0 Å². The van der Waals surface area contributed by atoms with Crippen LogP contribution in [-0.2, 0) is 34.3 Å². The van der Waals surface area contributed by atoms with E-state index in [1.807, 2.05) is 18.2 Å². The minimum absolute atomic E-state index is 0.816. The van der Waals surface area contributed by atoms with Crippen LogP contribution in [0.1, 0.15) is 5.56 Å². The van der Waals surface area contributed by atoms with Crippen LogP contribution in [0.25, 0.3) is 6.08 Å². The van der Waals surface area contributed by atoms with Gasteiger partial charge in [-0.2, -0.15) is 0 Å². The molecule has 0 aliphatic carbocycles. The van der Waals surface area contributed by atoms with E-state index in [0.29, 0.717) is 0 Å². The zero-order chi connectivity index (χ0) is 9.73. The third-order valence-corrected chi connectivity index (χ3v) is 3.42. The number of benzene rings is 1. The second-order valence-corrected chi connectivity index (χ2v) is 4.70. The zero-order valence-corrected chi connectivity index (χ0v) is 9.46. The van der Waals surface area contributed by atoms with Crippen molar-refractivity contribution in [3.8, 4) is 0 Å². The summed E-state index contributed by atoms with van der Waals surface area (Å²) in [6.07, 6.45) is 1.48. The first-order chi connectivity index (χ1) is 6.14. The van der Waals surface area contributed by atoms with Crippen LogP contribution in [0.15, 0.2) is 35.7 Å². The van der Waals surface area contributed by atoms with E-state index in [1.165, 1.54) is 27.5 Å². The molecule has 0 aliphatic rings. The Labute approximate surface area is 90.0 Å². The van der Waals surface area contributed by atoms with Gasteiger partial charge in [0.05, 0.1) is 0 Å². The molecule has 0 aliphatic heterocycles. The fraction of sp³-hybridized carbons (Fsp3) is 0. The van der Waals surface area contributed by atoms with E-state index in [-0.39, 0.29) is 0 Å². The molecule has 1 aromatic rings. The monoisotopic (exact) mass is 380 g/mol. The molecule has 0 N–H and O–H groups in total. The van der Waals surface area contributed by atoms with Gasteiger partial charge in [0, 0.05) is 0 Å². The van der Waals surface area contributed by atoms with Gasteiger partial charge in [0.1, 0.15) is 0 Å². The van der Waals surface area contributed by atoms with Crippen LogP contribution in [0.4, 0.5) is 0 Å². The van der Waals surface area contributed by atoms with Crippen LogP contribution >= 0.6 is 0 Å². The molecule has 5 heteroatoms. The average molecular weight is 380 g/mol.